The average molecular weight is 317 g/mol. The minimum atomic E-state index is -4.48. The van der Waals surface area contributed by atoms with Crippen LogP contribution in [0, 0.1) is 10.8 Å². The Bertz CT molecular complexity index is 533. The summed E-state index contributed by atoms with van der Waals surface area (Å²) in [6.07, 6.45) is -1.54. The maximum atomic E-state index is 12.6. The Morgan fingerprint density at radius 3 is 2.59 bits per heavy atom. The van der Waals surface area contributed by atoms with Crippen molar-refractivity contribution in [2.45, 2.75) is 52.3 Å². The van der Waals surface area contributed by atoms with Gasteiger partial charge in [0.2, 0.25) is 5.95 Å². The Balaban J connectivity index is 2.06. The molecular formula is C15H22F3N3O. The number of nitrogens with zero attached hydrogens (tertiary/aromatic N) is 2. The van der Waals surface area contributed by atoms with E-state index in [0.29, 0.717) is 13.0 Å². The van der Waals surface area contributed by atoms with E-state index >= 15 is 0 Å². The largest absolute Gasteiger partial charge is 0.433 e. The quantitative estimate of drug-likeness (QED) is 0.896. The van der Waals surface area contributed by atoms with Crippen LogP contribution in [0.2, 0.25) is 0 Å². The summed E-state index contributed by atoms with van der Waals surface area (Å²) >= 11 is 0. The Morgan fingerprint density at radius 2 is 2.00 bits per heavy atom. The van der Waals surface area contributed by atoms with Gasteiger partial charge >= 0.3 is 6.18 Å². The maximum absolute atomic E-state index is 12.6. The Kier molecular flexibility index (Phi) is 4.39. The van der Waals surface area contributed by atoms with Gasteiger partial charge in [-0.05, 0) is 36.2 Å². The van der Waals surface area contributed by atoms with Crippen molar-refractivity contribution in [3.8, 4) is 0 Å². The molecule has 2 N–H and O–H groups in total. The molecule has 2 unspecified atom stereocenters. The molecule has 22 heavy (non-hydrogen) atoms. The van der Waals surface area contributed by atoms with E-state index in [-0.39, 0.29) is 16.8 Å². The lowest BCUT2D eigenvalue weighted by Crippen LogP contribution is -2.42. The molecule has 2 atom stereocenters. The molecule has 0 spiro atoms. The summed E-state index contributed by atoms with van der Waals surface area (Å²) in [5.74, 6) is -0.0334. The van der Waals surface area contributed by atoms with E-state index in [1.165, 1.54) is 0 Å². The minimum absolute atomic E-state index is 0.00275. The van der Waals surface area contributed by atoms with Crippen molar-refractivity contribution in [3.63, 3.8) is 0 Å². The van der Waals surface area contributed by atoms with Crippen molar-refractivity contribution in [1.29, 1.82) is 0 Å². The molecule has 0 saturated heterocycles. The zero-order valence-corrected chi connectivity index (χ0v) is 13.0. The summed E-state index contributed by atoms with van der Waals surface area (Å²) in [5.41, 5.74) is -1.17. The van der Waals surface area contributed by atoms with Crippen molar-refractivity contribution in [2.24, 2.45) is 10.8 Å². The molecule has 1 aliphatic carbocycles. The second kappa shape index (κ2) is 5.68. The van der Waals surface area contributed by atoms with Crippen molar-refractivity contribution >= 4 is 5.95 Å². The molecule has 1 aliphatic rings. The van der Waals surface area contributed by atoms with Gasteiger partial charge in [0.25, 0.3) is 0 Å². The standard InChI is InChI=1S/C15H22F3N3O/c1-13(2)6-10(22)7-14(3,8-13)9-20-12-19-5-4-11(21-12)15(16,17)18/h4-5,10,22H,6-9H2,1-3H3,(H,19,20,21). The summed E-state index contributed by atoms with van der Waals surface area (Å²) in [6, 6.07) is 0.848. The van der Waals surface area contributed by atoms with Crippen LogP contribution in [0.4, 0.5) is 19.1 Å². The highest BCUT2D eigenvalue weighted by Gasteiger charge is 2.40. The molecule has 1 fully saturated rings. The second-order valence-corrected chi connectivity index (χ2v) is 7.33. The van der Waals surface area contributed by atoms with E-state index in [1.54, 1.807) is 0 Å². The lowest BCUT2D eigenvalue weighted by molar-refractivity contribution is -0.141. The lowest BCUT2D eigenvalue weighted by Gasteiger charge is -2.45. The third-order valence-corrected chi connectivity index (χ3v) is 4.04. The van der Waals surface area contributed by atoms with Crippen LogP contribution in [-0.4, -0.2) is 27.7 Å². The summed E-state index contributed by atoms with van der Waals surface area (Å²) in [5, 5.41) is 12.9. The molecule has 4 nitrogen and oxygen atoms in total. The van der Waals surface area contributed by atoms with Crippen molar-refractivity contribution in [2.75, 3.05) is 11.9 Å². The molecular weight excluding hydrogens is 295 g/mol. The number of halogens is 3. The molecule has 1 heterocycles. The van der Waals surface area contributed by atoms with Gasteiger partial charge in [0.05, 0.1) is 6.10 Å². The lowest BCUT2D eigenvalue weighted by atomic mass is 9.63. The van der Waals surface area contributed by atoms with Crippen LogP contribution >= 0.6 is 0 Å². The number of aromatic nitrogens is 2. The van der Waals surface area contributed by atoms with Gasteiger partial charge in [0.1, 0.15) is 5.69 Å². The molecule has 1 aromatic heterocycles. The van der Waals surface area contributed by atoms with Crippen molar-refractivity contribution in [1.82, 2.24) is 9.97 Å². The molecule has 0 amide bonds. The first-order chi connectivity index (χ1) is 9.99. The third-order valence-electron chi connectivity index (χ3n) is 4.04. The average Bonchev–Trinajstić information content (AvgIpc) is 2.33. The summed E-state index contributed by atoms with van der Waals surface area (Å²) in [6.45, 7) is 6.63. The number of aliphatic hydroxyl groups excluding tert-OH is 1. The SMILES string of the molecule is CC1(C)CC(O)CC(C)(CNc2nccc(C(F)(F)F)n2)C1. The van der Waals surface area contributed by atoms with E-state index < -0.39 is 18.0 Å². The topological polar surface area (TPSA) is 58.0 Å². The zero-order chi connectivity index (χ0) is 16.6. The Morgan fingerprint density at radius 1 is 1.32 bits per heavy atom. The Hall–Kier alpha value is -1.37. The third kappa shape index (κ3) is 4.32. The van der Waals surface area contributed by atoms with E-state index in [4.69, 9.17) is 0 Å². The fourth-order valence-corrected chi connectivity index (χ4v) is 3.61. The number of alkyl halides is 3. The summed E-state index contributed by atoms with van der Waals surface area (Å²) in [7, 11) is 0. The fourth-order valence-electron chi connectivity index (χ4n) is 3.61. The predicted octanol–water partition coefficient (Wildman–Crippen LogP) is 3.48. The number of hydrogen-bond donors (Lipinski definition) is 2. The molecule has 2 rings (SSSR count). The zero-order valence-electron chi connectivity index (χ0n) is 13.0. The van der Waals surface area contributed by atoms with E-state index in [9.17, 15) is 18.3 Å². The minimum Gasteiger partial charge on any atom is -0.393 e. The van der Waals surface area contributed by atoms with Gasteiger partial charge in [-0.2, -0.15) is 13.2 Å². The van der Waals surface area contributed by atoms with Crippen LogP contribution in [0.15, 0.2) is 12.3 Å². The highest BCUT2D eigenvalue weighted by Crippen LogP contribution is 2.46. The molecule has 0 radical (unpaired) electrons. The number of nitrogens with one attached hydrogen (secondary N) is 1. The van der Waals surface area contributed by atoms with Crippen molar-refractivity contribution < 1.29 is 18.3 Å². The van der Waals surface area contributed by atoms with Crippen LogP contribution in [-0.2, 0) is 6.18 Å². The first-order valence-electron chi connectivity index (χ1n) is 7.31. The van der Waals surface area contributed by atoms with Gasteiger partial charge in [0.15, 0.2) is 0 Å². The van der Waals surface area contributed by atoms with Gasteiger partial charge in [0, 0.05) is 12.7 Å². The maximum Gasteiger partial charge on any atom is 0.433 e. The van der Waals surface area contributed by atoms with Gasteiger partial charge < -0.3 is 10.4 Å². The Labute approximate surface area is 128 Å². The van der Waals surface area contributed by atoms with Gasteiger partial charge in [-0.1, -0.05) is 20.8 Å². The van der Waals surface area contributed by atoms with Crippen LogP contribution in [0.3, 0.4) is 0 Å². The van der Waals surface area contributed by atoms with E-state index in [1.807, 2.05) is 6.92 Å². The van der Waals surface area contributed by atoms with Crippen molar-refractivity contribution in [3.05, 3.63) is 18.0 Å². The van der Waals surface area contributed by atoms with E-state index in [2.05, 4.69) is 29.1 Å². The van der Waals surface area contributed by atoms with Crippen LogP contribution < -0.4 is 5.32 Å². The highest BCUT2D eigenvalue weighted by molar-refractivity contribution is 5.26. The predicted molar refractivity (Wildman–Crippen MR) is 77.3 cm³/mol. The van der Waals surface area contributed by atoms with Crippen LogP contribution in [0.25, 0.3) is 0 Å². The number of anilines is 1. The first kappa shape index (κ1) is 17.0. The fraction of sp³-hybridized carbons (Fsp3) is 0.733. The molecule has 0 aromatic carbocycles. The molecule has 124 valence electrons. The van der Waals surface area contributed by atoms with Gasteiger partial charge in [-0.15, -0.1) is 0 Å². The number of hydrogen-bond acceptors (Lipinski definition) is 4. The second-order valence-electron chi connectivity index (χ2n) is 7.33. The normalized spacial score (nSPS) is 28.4. The van der Waals surface area contributed by atoms with Gasteiger partial charge in [-0.3, -0.25) is 0 Å². The molecule has 7 heteroatoms. The first-order valence-corrected chi connectivity index (χ1v) is 7.31. The number of rotatable bonds is 3. The summed E-state index contributed by atoms with van der Waals surface area (Å²) in [4.78, 5) is 7.34. The van der Waals surface area contributed by atoms with E-state index in [0.717, 1.165) is 25.1 Å². The molecule has 1 saturated carbocycles. The monoisotopic (exact) mass is 317 g/mol. The molecule has 0 aliphatic heterocycles. The van der Waals surface area contributed by atoms with Crippen LogP contribution in [0.1, 0.15) is 45.7 Å². The highest BCUT2D eigenvalue weighted by atomic mass is 19.4. The summed E-state index contributed by atoms with van der Waals surface area (Å²) < 4.78 is 37.9. The molecule has 0 bridgehead atoms. The smallest absolute Gasteiger partial charge is 0.393 e. The molecule has 1 aromatic rings. The van der Waals surface area contributed by atoms with Crippen LogP contribution in [0.5, 0.6) is 0 Å². The van der Waals surface area contributed by atoms with Gasteiger partial charge in [-0.25, -0.2) is 9.97 Å². The number of aliphatic hydroxyl groups is 1.